The molecule has 5 rings (SSSR count). The lowest BCUT2D eigenvalue weighted by molar-refractivity contribution is -0.136. The van der Waals surface area contributed by atoms with Gasteiger partial charge in [-0.05, 0) is 58.6 Å². The molecular formula is C29H25BrN2O5S. The maximum Gasteiger partial charge on any atom is 0.294 e. The number of halogens is 1. The van der Waals surface area contributed by atoms with Crippen molar-refractivity contribution in [2.45, 2.75) is 19.6 Å². The molecule has 1 fully saturated rings. The molecule has 1 saturated heterocycles. The van der Waals surface area contributed by atoms with E-state index in [2.05, 4.69) is 22.0 Å². The smallest absolute Gasteiger partial charge is 0.294 e. The fourth-order valence-electron chi connectivity index (χ4n) is 4.39. The van der Waals surface area contributed by atoms with Crippen molar-refractivity contribution in [3.63, 3.8) is 0 Å². The van der Waals surface area contributed by atoms with E-state index in [1.54, 1.807) is 30.2 Å². The molecule has 3 amide bonds. The number of amides is 3. The fraction of sp³-hybridized carbons (Fsp3) is 0.207. The summed E-state index contributed by atoms with van der Waals surface area (Å²) in [5, 5.41) is -0.460. The van der Waals surface area contributed by atoms with Gasteiger partial charge in [0.15, 0.2) is 11.5 Å². The number of carbonyl (C=O) groups is 3. The van der Waals surface area contributed by atoms with E-state index < -0.39 is 11.1 Å². The molecule has 2 aliphatic heterocycles. The van der Waals surface area contributed by atoms with Crippen LogP contribution in [0.15, 0.2) is 76.1 Å². The Morgan fingerprint density at radius 2 is 1.76 bits per heavy atom. The van der Waals surface area contributed by atoms with Gasteiger partial charge in [-0.1, -0.05) is 70.5 Å². The van der Waals surface area contributed by atoms with Gasteiger partial charge in [-0.15, -0.1) is 0 Å². The summed E-state index contributed by atoms with van der Waals surface area (Å²) in [7, 11) is 1.54. The zero-order chi connectivity index (χ0) is 26.6. The van der Waals surface area contributed by atoms with Crippen LogP contribution < -0.4 is 9.47 Å². The molecule has 0 radical (unpaired) electrons. The fourth-order valence-corrected chi connectivity index (χ4v) is 5.66. The predicted molar refractivity (Wildman–Crippen MR) is 150 cm³/mol. The molecule has 38 heavy (non-hydrogen) atoms. The number of fused-ring (bicyclic) bond motifs is 1. The summed E-state index contributed by atoms with van der Waals surface area (Å²) in [6.07, 6.45) is 2.38. The first-order chi connectivity index (χ1) is 18.4. The van der Waals surface area contributed by atoms with Crippen molar-refractivity contribution >= 4 is 50.8 Å². The summed E-state index contributed by atoms with van der Waals surface area (Å²) in [5.74, 6) is 0.309. The summed E-state index contributed by atoms with van der Waals surface area (Å²) in [4.78, 5) is 41.7. The van der Waals surface area contributed by atoms with E-state index in [9.17, 15) is 14.4 Å². The van der Waals surface area contributed by atoms with Gasteiger partial charge < -0.3 is 14.4 Å². The molecule has 0 unspecified atom stereocenters. The monoisotopic (exact) mass is 592 g/mol. The van der Waals surface area contributed by atoms with Gasteiger partial charge in [-0.2, -0.15) is 0 Å². The number of hydrogen-bond donors (Lipinski definition) is 0. The van der Waals surface area contributed by atoms with Gasteiger partial charge in [-0.25, -0.2) is 0 Å². The first kappa shape index (κ1) is 26.1. The molecule has 7 nitrogen and oxygen atoms in total. The standard InChI is InChI=1S/C29H25BrN2O5S/c1-36-24-13-22(23(30)15-25(24)37-18-19-7-3-2-4-8-19)14-26-28(34)32(29(35)38-26)17-27(33)31-12-11-20-9-5-6-10-21(20)16-31/h2-10,13-15H,11-12,16-18H2,1H3/b26-14-. The molecule has 0 bridgehead atoms. The van der Waals surface area contributed by atoms with Gasteiger partial charge in [0.2, 0.25) is 5.91 Å². The van der Waals surface area contributed by atoms with Gasteiger partial charge in [0.1, 0.15) is 13.2 Å². The van der Waals surface area contributed by atoms with Crippen LogP contribution in [0.5, 0.6) is 11.5 Å². The summed E-state index contributed by atoms with van der Waals surface area (Å²) in [6, 6.07) is 21.3. The number of nitrogens with zero attached hydrogens (tertiary/aromatic N) is 2. The average molecular weight is 593 g/mol. The van der Waals surface area contributed by atoms with Gasteiger partial charge >= 0.3 is 0 Å². The maximum atomic E-state index is 13.1. The van der Waals surface area contributed by atoms with E-state index in [1.165, 1.54) is 5.56 Å². The highest BCUT2D eigenvalue weighted by Crippen LogP contribution is 2.38. The lowest BCUT2D eigenvalue weighted by Crippen LogP contribution is -2.44. The molecule has 2 aliphatic rings. The lowest BCUT2D eigenvalue weighted by Gasteiger charge is -2.29. The number of rotatable bonds is 7. The Morgan fingerprint density at radius 1 is 1.03 bits per heavy atom. The third-order valence-corrected chi connectivity index (χ3v) is 8.05. The van der Waals surface area contributed by atoms with Gasteiger partial charge in [0.25, 0.3) is 11.1 Å². The van der Waals surface area contributed by atoms with E-state index >= 15 is 0 Å². The van der Waals surface area contributed by atoms with E-state index in [0.717, 1.165) is 34.2 Å². The number of ether oxygens (including phenoxy) is 2. The van der Waals surface area contributed by atoms with Crippen LogP contribution >= 0.6 is 27.7 Å². The highest BCUT2D eigenvalue weighted by molar-refractivity contribution is 9.10. The lowest BCUT2D eigenvalue weighted by atomic mass is 10.00. The van der Waals surface area contributed by atoms with Gasteiger partial charge in [0, 0.05) is 17.6 Å². The Balaban J connectivity index is 1.28. The second-order valence-electron chi connectivity index (χ2n) is 8.90. The number of methoxy groups -OCH3 is 1. The predicted octanol–water partition coefficient (Wildman–Crippen LogP) is 5.66. The molecule has 0 N–H and O–H groups in total. The Labute approximate surface area is 233 Å². The summed E-state index contributed by atoms with van der Waals surface area (Å²) < 4.78 is 12.1. The molecule has 0 spiro atoms. The van der Waals surface area contributed by atoms with Crippen LogP contribution in [-0.4, -0.2) is 47.1 Å². The average Bonchev–Trinajstić information content (AvgIpc) is 3.20. The highest BCUT2D eigenvalue weighted by Gasteiger charge is 2.37. The summed E-state index contributed by atoms with van der Waals surface area (Å²) in [6.45, 7) is 1.14. The van der Waals surface area contributed by atoms with Crippen molar-refractivity contribution in [2.75, 3.05) is 20.2 Å². The van der Waals surface area contributed by atoms with Crippen LogP contribution in [0.4, 0.5) is 4.79 Å². The second kappa shape index (κ2) is 11.4. The van der Waals surface area contributed by atoms with Crippen LogP contribution in [-0.2, 0) is 29.2 Å². The number of carbonyl (C=O) groups excluding carboxylic acids is 3. The van der Waals surface area contributed by atoms with Crippen LogP contribution in [0.25, 0.3) is 6.08 Å². The Morgan fingerprint density at radius 3 is 2.53 bits per heavy atom. The molecule has 3 aromatic rings. The molecule has 0 aromatic heterocycles. The van der Waals surface area contributed by atoms with E-state index in [-0.39, 0.29) is 17.4 Å². The van der Waals surface area contributed by atoms with Crippen molar-refractivity contribution in [1.29, 1.82) is 0 Å². The minimum Gasteiger partial charge on any atom is -0.493 e. The zero-order valence-corrected chi connectivity index (χ0v) is 23.1. The third-order valence-electron chi connectivity index (χ3n) is 6.46. The van der Waals surface area contributed by atoms with E-state index in [4.69, 9.17) is 9.47 Å². The molecule has 3 aromatic carbocycles. The first-order valence-electron chi connectivity index (χ1n) is 12.1. The van der Waals surface area contributed by atoms with Crippen molar-refractivity contribution in [3.05, 3.63) is 98.4 Å². The Kier molecular flexibility index (Phi) is 7.85. The highest BCUT2D eigenvalue weighted by atomic mass is 79.9. The van der Waals surface area contributed by atoms with Crippen LogP contribution in [0.1, 0.15) is 22.3 Å². The molecule has 0 atom stereocenters. The molecule has 9 heteroatoms. The van der Waals surface area contributed by atoms with E-state index in [0.29, 0.717) is 41.2 Å². The second-order valence-corrected chi connectivity index (χ2v) is 10.7. The number of thioether (sulfide) groups is 1. The topological polar surface area (TPSA) is 76.2 Å². The normalized spacial score (nSPS) is 16.1. The Hall–Kier alpha value is -3.56. The largest absolute Gasteiger partial charge is 0.493 e. The molecule has 194 valence electrons. The summed E-state index contributed by atoms with van der Waals surface area (Å²) in [5.41, 5.74) is 3.99. The minimum absolute atomic E-state index is 0.243. The molecule has 2 heterocycles. The summed E-state index contributed by atoms with van der Waals surface area (Å²) >= 11 is 4.36. The number of hydrogen-bond acceptors (Lipinski definition) is 6. The van der Waals surface area contributed by atoms with Crippen molar-refractivity contribution in [1.82, 2.24) is 9.80 Å². The Bertz CT molecular complexity index is 1430. The molecule has 0 saturated carbocycles. The quantitative estimate of drug-likeness (QED) is 0.330. The van der Waals surface area contributed by atoms with Crippen molar-refractivity contribution in [2.24, 2.45) is 0 Å². The van der Waals surface area contributed by atoms with Crippen LogP contribution in [0, 0.1) is 0 Å². The van der Waals surface area contributed by atoms with Crippen LogP contribution in [0.2, 0.25) is 0 Å². The van der Waals surface area contributed by atoms with Gasteiger partial charge in [-0.3, -0.25) is 19.3 Å². The SMILES string of the molecule is COc1cc(/C=C2\SC(=O)N(CC(=O)N3CCc4ccccc4C3)C2=O)c(Br)cc1OCc1ccccc1. The van der Waals surface area contributed by atoms with Gasteiger partial charge in [0.05, 0.1) is 12.0 Å². The minimum atomic E-state index is -0.485. The maximum absolute atomic E-state index is 13.1. The number of imide groups is 1. The first-order valence-corrected chi connectivity index (χ1v) is 13.7. The van der Waals surface area contributed by atoms with Crippen molar-refractivity contribution in [3.8, 4) is 11.5 Å². The third kappa shape index (κ3) is 5.63. The van der Waals surface area contributed by atoms with E-state index in [1.807, 2.05) is 48.5 Å². The molecular weight excluding hydrogens is 568 g/mol. The zero-order valence-electron chi connectivity index (χ0n) is 20.7. The van der Waals surface area contributed by atoms with Crippen molar-refractivity contribution < 1.29 is 23.9 Å². The molecule has 0 aliphatic carbocycles. The van der Waals surface area contributed by atoms with Crippen LogP contribution in [0.3, 0.4) is 0 Å². The number of benzene rings is 3.